The van der Waals surface area contributed by atoms with Crippen LogP contribution >= 0.6 is 0 Å². The molecular weight excluding hydrogens is 252 g/mol. The molecule has 4 heteroatoms. The Morgan fingerprint density at radius 2 is 1.95 bits per heavy atom. The van der Waals surface area contributed by atoms with Crippen LogP contribution in [-0.2, 0) is 6.54 Å². The van der Waals surface area contributed by atoms with Gasteiger partial charge >= 0.3 is 0 Å². The summed E-state index contributed by atoms with van der Waals surface area (Å²) in [6, 6.07) is 7.83. The summed E-state index contributed by atoms with van der Waals surface area (Å²) >= 11 is 0. The largest absolute Gasteiger partial charge is 0.390 e. The molecule has 1 aromatic carbocycles. The molecule has 1 atom stereocenters. The number of carbonyl (C=O) groups is 1. The number of fused-ring (bicyclic) bond motifs is 1. The Morgan fingerprint density at radius 1 is 1.20 bits per heavy atom. The highest BCUT2D eigenvalue weighted by molar-refractivity contribution is 5.97. The quantitative estimate of drug-likeness (QED) is 0.846. The zero-order chi connectivity index (χ0) is 13.9. The number of likely N-dealkylation sites (tertiary alicyclic amines) is 1. The summed E-state index contributed by atoms with van der Waals surface area (Å²) in [5.41, 5.74) is 1.70. The smallest absolute Gasteiger partial charge is 0.152 e. The molecule has 2 heterocycles. The molecule has 0 radical (unpaired) electrons. The van der Waals surface area contributed by atoms with Gasteiger partial charge in [-0.05, 0) is 32.0 Å². The van der Waals surface area contributed by atoms with E-state index in [1.807, 2.05) is 35.0 Å². The van der Waals surface area contributed by atoms with E-state index >= 15 is 0 Å². The van der Waals surface area contributed by atoms with Gasteiger partial charge in [0.15, 0.2) is 6.29 Å². The molecule has 1 aliphatic rings. The van der Waals surface area contributed by atoms with Crippen LogP contribution in [0.25, 0.3) is 10.9 Å². The predicted octanol–water partition coefficient (Wildman–Crippen LogP) is 1.91. The summed E-state index contributed by atoms with van der Waals surface area (Å²) in [6.45, 7) is 3.42. The van der Waals surface area contributed by atoms with E-state index in [-0.39, 0.29) is 0 Å². The molecule has 1 aliphatic heterocycles. The van der Waals surface area contributed by atoms with Gasteiger partial charge in [-0.2, -0.15) is 0 Å². The maximum Gasteiger partial charge on any atom is 0.152 e. The third-order valence-electron chi connectivity index (χ3n) is 4.02. The number of para-hydroxylation sites is 1. The maximum absolute atomic E-state index is 11.1. The van der Waals surface area contributed by atoms with Gasteiger partial charge in [0.1, 0.15) is 0 Å². The fraction of sp³-hybridized carbons (Fsp3) is 0.438. The Balaban J connectivity index is 1.77. The molecule has 1 aromatic heterocycles. The summed E-state index contributed by atoms with van der Waals surface area (Å²) < 4.78 is 1.99. The van der Waals surface area contributed by atoms with Gasteiger partial charge in [-0.3, -0.25) is 4.79 Å². The minimum Gasteiger partial charge on any atom is -0.390 e. The number of aliphatic hydroxyl groups is 1. The first-order valence-corrected chi connectivity index (χ1v) is 7.21. The van der Waals surface area contributed by atoms with Gasteiger partial charge in [-0.1, -0.05) is 18.2 Å². The van der Waals surface area contributed by atoms with Crippen LogP contribution in [0.1, 0.15) is 23.2 Å². The van der Waals surface area contributed by atoms with Crippen LogP contribution in [0.15, 0.2) is 30.5 Å². The number of aldehydes is 1. The van der Waals surface area contributed by atoms with Crippen LogP contribution in [0.3, 0.4) is 0 Å². The number of aliphatic hydroxyl groups excluding tert-OH is 1. The minimum absolute atomic E-state index is 0.400. The van der Waals surface area contributed by atoms with Crippen LogP contribution in [-0.4, -0.2) is 46.6 Å². The average molecular weight is 272 g/mol. The molecule has 0 aliphatic carbocycles. The van der Waals surface area contributed by atoms with Gasteiger partial charge in [-0.25, -0.2) is 0 Å². The lowest BCUT2D eigenvalue weighted by atomic mass is 10.2. The number of carbonyl (C=O) groups excluding carboxylic acids is 1. The monoisotopic (exact) mass is 272 g/mol. The molecule has 20 heavy (non-hydrogen) atoms. The summed E-state index contributed by atoms with van der Waals surface area (Å²) in [7, 11) is 0. The average Bonchev–Trinajstić information content (AvgIpc) is 3.07. The second-order valence-electron chi connectivity index (χ2n) is 5.53. The molecule has 106 valence electrons. The molecule has 4 nitrogen and oxygen atoms in total. The first-order chi connectivity index (χ1) is 9.78. The highest BCUT2D eigenvalue weighted by atomic mass is 16.3. The molecule has 1 unspecified atom stereocenters. The number of β-amino-alcohol motifs (C(OH)–C–C–N with tert-alkyl or cyclic N) is 1. The van der Waals surface area contributed by atoms with E-state index < -0.39 is 6.10 Å². The third kappa shape index (κ3) is 2.62. The maximum atomic E-state index is 11.1. The second kappa shape index (κ2) is 5.77. The fourth-order valence-corrected chi connectivity index (χ4v) is 3.07. The molecule has 1 saturated heterocycles. The van der Waals surface area contributed by atoms with Crippen LogP contribution < -0.4 is 0 Å². The molecule has 3 rings (SSSR count). The lowest BCUT2D eigenvalue weighted by Gasteiger charge is -2.20. The van der Waals surface area contributed by atoms with Crippen molar-refractivity contribution in [2.45, 2.75) is 25.5 Å². The highest BCUT2D eigenvalue weighted by Gasteiger charge is 2.17. The number of benzene rings is 1. The zero-order valence-corrected chi connectivity index (χ0v) is 11.5. The second-order valence-corrected chi connectivity index (χ2v) is 5.53. The lowest BCUT2D eigenvalue weighted by molar-refractivity contribution is 0.109. The van der Waals surface area contributed by atoms with Crippen molar-refractivity contribution in [3.8, 4) is 0 Å². The molecule has 0 amide bonds. The minimum atomic E-state index is -0.400. The number of nitrogens with zero attached hydrogens (tertiary/aromatic N) is 2. The topological polar surface area (TPSA) is 45.5 Å². The van der Waals surface area contributed by atoms with E-state index in [4.69, 9.17) is 0 Å². The highest BCUT2D eigenvalue weighted by Crippen LogP contribution is 2.20. The molecule has 0 spiro atoms. The molecule has 0 saturated carbocycles. The van der Waals surface area contributed by atoms with Crippen molar-refractivity contribution in [1.29, 1.82) is 0 Å². The van der Waals surface area contributed by atoms with E-state index in [1.54, 1.807) is 0 Å². The first kappa shape index (κ1) is 13.3. The van der Waals surface area contributed by atoms with Gasteiger partial charge < -0.3 is 14.6 Å². The van der Waals surface area contributed by atoms with E-state index in [0.29, 0.717) is 18.7 Å². The standard InChI is InChI=1S/C16H20N2O2/c19-12-13-9-18(16-6-2-1-5-15(13)16)11-14(20)10-17-7-3-4-8-17/h1-2,5-6,9,12,14,20H,3-4,7-8,10-11H2. The zero-order valence-electron chi connectivity index (χ0n) is 11.5. The summed E-state index contributed by atoms with van der Waals surface area (Å²) in [5, 5.41) is 11.2. The Morgan fingerprint density at radius 3 is 2.70 bits per heavy atom. The van der Waals surface area contributed by atoms with Crippen molar-refractivity contribution in [1.82, 2.24) is 9.47 Å². The molecule has 0 bridgehead atoms. The Labute approximate surface area is 118 Å². The Bertz CT molecular complexity index is 600. The number of rotatable bonds is 5. The van der Waals surface area contributed by atoms with Crippen LogP contribution in [0.4, 0.5) is 0 Å². The number of hydrogen-bond donors (Lipinski definition) is 1. The molecular formula is C16H20N2O2. The molecule has 2 aromatic rings. The summed E-state index contributed by atoms with van der Waals surface area (Å²) in [6.07, 6.45) is 4.78. The van der Waals surface area contributed by atoms with Gasteiger partial charge in [0.2, 0.25) is 0 Å². The van der Waals surface area contributed by atoms with Crippen molar-refractivity contribution >= 4 is 17.2 Å². The number of hydrogen-bond acceptors (Lipinski definition) is 3. The molecule has 1 N–H and O–H groups in total. The number of aromatic nitrogens is 1. The Kier molecular flexibility index (Phi) is 3.85. The SMILES string of the molecule is O=Cc1cn(CC(O)CN2CCCC2)c2ccccc12. The van der Waals surface area contributed by atoms with Crippen molar-refractivity contribution in [3.63, 3.8) is 0 Å². The summed E-state index contributed by atoms with van der Waals surface area (Å²) in [4.78, 5) is 13.4. The van der Waals surface area contributed by atoms with Crippen molar-refractivity contribution in [2.75, 3.05) is 19.6 Å². The van der Waals surface area contributed by atoms with Crippen LogP contribution in [0.2, 0.25) is 0 Å². The van der Waals surface area contributed by atoms with E-state index in [9.17, 15) is 9.90 Å². The van der Waals surface area contributed by atoms with Crippen molar-refractivity contribution in [3.05, 3.63) is 36.0 Å². The predicted molar refractivity (Wildman–Crippen MR) is 79.0 cm³/mol. The lowest BCUT2D eigenvalue weighted by Crippen LogP contribution is -2.32. The fourth-order valence-electron chi connectivity index (χ4n) is 3.07. The molecule has 1 fully saturated rings. The van der Waals surface area contributed by atoms with Crippen LogP contribution in [0.5, 0.6) is 0 Å². The Hall–Kier alpha value is -1.65. The van der Waals surface area contributed by atoms with Crippen LogP contribution in [0, 0.1) is 0 Å². The van der Waals surface area contributed by atoms with E-state index in [0.717, 1.165) is 30.3 Å². The van der Waals surface area contributed by atoms with Crippen molar-refractivity contribution in [2.24, 2.45) is 0 Å². The normalized spacial score (nSPS) is 17.6. The summed E-state index contributed by atoms with van der Waals surface area (Å²) in [5.74, 6) is 0. The van der Waals surface area contributed by atoms with Gasteiger partial charge in [0.05, 0.1) is 6.10 Å². The first-order valence-electron chi connectivity index (χ1n) is 7.21. The third-order valence-corrected chi connectivity index (χ3v) is 4.02. The van der Waals surface area contributed by atoms with Crippen molar-refractivity contribution < 1.29 is 9.90 Å². The van der Waals surface area contributed by atoms with Gasteiger partial charge in [-0.15, -0.1) is 0 Å². The van der Waals surface area contributed by atoms with E-state index in [2.05, 4.69) is 4.90 Å². The van der Waals surface area contributed by atoms with Gasteiger partial charge in [0.25, 0.3) is 0 Å². The van der Waals surface area contributed by atoms with E-state index in [1.165, 1.54) is 12.8 Å². The van der Waals surface area contributed by atoms with Gasteiger partial charge in [0, 0.05) is 35.8 Å².